The lowest BCUT2D eigenvalue weighted by atomic mass is 10.1. The van der Waals surface area contributed by atoms with Gasteiger partial charge in [0, 0.05) is 25.8 Å². The zero-order chi connectivity index (χ0) is 22.3. The van der Waals surface area contributed by atoms with Gasteiger partial charge in [-0.25, -0.2) is 4.79 Å². The molecule has 1 amide bonds. The second-order valence-corrected chi connectivity index (χ2v) is 6.49. The molecule has 2 aromatic carbocycles. The minimum atomic E-state index is -0.944. The molecule has 0 radical (unpaired) electrons. The van der Waals surface area contributed by atoms with Crippen LogP contribution in [0.3, 0.4) is 0 Å². The minimum absolute atomic E-state index is 0.139. The van der Waals surface area contributed by atoms with Crippen molar-refractivity contribution in [1.29, 1.82) is 5.26 Å². The van der Waals surface area contributed by atoms with E-state index in [9.17, 15) is 25.0 Å². The maximum absolute atomic E-state index is 12.1. The summed E-state index contributed by atoms with van der Waals surface area (Å²) < 4.78 is 4.90. The number of rotatable bonds is 7. The number of nitro groups is 1. The van der Waals surface area contributed by atoms with Gasteiger partial charge >= 0.3 is 5.97 Å². The van der Waals surface area contributed by atoms with Crippen LogP contribution in [0, 0.1) is 28.4 Å². The van der Waals surface area contributed by atoms with Crippen LogP contribution in [0.2, 0.25) is 0 Å². The number of amides is 1. The lowest BCUT2D eigenvalue weighted by Crippen LogP contribution is -2.22. The molecular formula is C21H20N4O5. The monoisotopic (exact) mass is 408 g/mol. The number of ether oxygens (including phenoxy) is 1. The van der Waals surface area contributed by atoms with Gasteiger partial charge in [0.15, 0.2) is 6.61 Å². The van der Waals surface area contributed by atoms with E-state index in [1.807, 2.05) is 31.1 Å². The number of nitrogens with zero attached hydrogens (tertiary/aromatic N) is 3. The van der Waals surface area contributed by atoms with Crippen molar-refractivity contribution in [3.63, 3.8) is 0 Å². The molecule has 30 heavy (non-hydrogen) atoms. The van der Waals surface area contributed by atoms with E-state index in [1.54, 1.807) is 18.2 Å². The zero-order valence-electron chi connectivity index (χ0n) is 16.7. The first-order chi connectivity index (χ1) is 14.2. The molecule has 9 nitrogen and oxygen atoms in total. The first kappa shape index (κ1) is 22.1. The molecule has 1 N–H and O–H groups in total. The van der Waals surface area contributed by atoms with Crippen molar-refractivity contribution < 1.29 is 19.2 Å². The molecule has 0 bridgehead atoms. The highest BCUT2D eigenvalue weighted by molar-refractivity contribution is 6.00. The summed E-state index contributed by atoms with van der Waals surface area (Å²) >= 11 is 0. The van der Waals surface area contributed by atoms with E-state index in [4.69, 9.17) is 4.74 Å². The van der Waals surface area contributed by atoms with Gasteiger partial charge in [-0.05, 0) is 36.8 Å². The van der Waals surface area contributed by atoms with Crippen molar-refractivity contribution in [2.45, 2.75) is 6.92 Å². The number of carbonyl (C=O) groups is 2. The van der Waals surface area contributed by atoms with Crippen LogP contribution in [0.25, 0.3) is 6.08 Å². The maximum atomic E-state index is 12.1. The molecule has 0 atom stereocenters. The van der Waals surface area contributed by atoms with E-state index in [0.717, 1.165) is 5.69 Å². The van der Waals surface area contributed by atoms with Crippen molar-refractivity contribution in [2.24, 2.45) is 0 Å². The lowest BCUT2D eigenvalue weighted by molar-refractivity contribution is -0.385. The van der Waals surface area contributed by atoms with E-state index >= 15 is 0 Å². The molecule has 0 aliphatic carbocycles. The van der Waals surface area contributed by atoms with Gasteiger partial charge < -0.3 is 15.0 Å². The van der Waals surface area contributed by atoms with Gasteiger partial charge in [0.2, 0.25) is 0 Å². The number of nitrogens with one attached hydrogen (secondary N) is 1. The van der Waals surface area contributed by atoms with Gasteiger partial charge in [-0.2, -0.15) is 5.26 Å². The van der Waals surface area contributed by atoms with Gasteiger partial charge in [-0.15, -0.1) is 0 Å². The highest BCUT2D eigenvalue weighted by Crippen LogP contribution is 2.25. The molecule has 2 aromatic rings. The third-order valence-electron chi connectivity index (χ3n) is 4.17. The smallest absolute Gasteiger partial charge is 0.349 e. The molecule has 0 aliphatic heterocycles. The maximum Gasteiger partial charge on any atom is 0.349 e. The predicted molar refractivity (Wildman–Crippen MR) is 112 cm³/mol. The molecule has 0 unspecified atom stereocenters. The number of benzene rings is 2. The van der Waals surface area contributed by atoms with Crippen LogP contribution < -0.4 is 10.2 Å². The fraction of sp³-hybridized carbons (Fsp3) is 0.190. The number of carbonyl (C=O) groups excluding carboxylic acids is 2. The van der Waals surface area contributed by atoms with Gasteiger partial charge in [0.25, 0.3) is 11.6 Å². The van der Waals surface area contributed by atoms with Crippen LogP contribution >= 0.6 is 0 Å². The molecule has 0 saturated carbocycles. The average Bonchev–Trinajstić information content (AvgIpc) is 2.71. The number of esters is 1. The fourth-order valence-corrected chi connectivity index (χ4v) is 2.52. The standard InChI is InChI=1S/C21H20N4O5/c1-14-18(5-4-6-19(14)25(28)29)23-20(26)13-30-21(27)16(12-22)11-15-7-9-17(10-8-15)24(2)3/h4-11H,13H2,1-3H3,(H,23,26)/b16-11+. The van der Waals surface area contributed by atoms with Gasteiger partial charge in [0.05, 0.1) is 16.2 Å². The Kier molecular flexibility index (Phi) is 7.25. The van der Waals surface area contributed by atoms with Crippen LogP contribution in [0.4, 0.5) is 17.1 Å². The highest BCUT2D eigenvalue weighted by Gasteiger charge is 2.17. The number of anilines is 2. The minimum Gasteiger partial charge on any atom is -0.451 e. The van der Waals surface area contributed by atoms with Gasteiger partial charge in [0.1, 0.15) is 11.6 Å². The number of hydrogen-bond donors (Lipinski definition) is 1. The van der Waals surface area contributed by atoms with Gasteiger partial charge in [-0.1, -0.05) is 18.2 Å². The molecule has 154 valence electrons. The summed E-state index contributed by atoms with van der Waals surface area (Å²) in [5.41, 5.74) is 1.71. The van der Waals surface area contributed by atoms with Crippen LogP contribution in [-0.4, -0.2) is 37.5 Å². The Morgan fingerprint density at radius 3 is 2.47 bits per heavy atom. The predicted octanol–water partition coefficient (Wildman–Crippen LogP) is 3.06. The first-order valence-corrected chi connectivity index (χ1v) is 8.83. The fourth-order valence-electron chi connectivity index (χ4n) is 2.52. The Bertz CT molecular complexity index is 1040. The second kappa shape index (κ2) is 9.84. The quantitative estimate of drug-likeness (QED) is 0.245. The molecule has 0 fully saturated rings. The zero-order valence-corrected chi connectivity index (χ0v) is 16.7. The molecule has 0 saturated heterocycles. The van der Waals surface area contributed by atoms with Crippen molar-refractivity contribution in [3.05, 3.63) is 69.3 Å². The topological polar surface area (TPSA) is 126 Å². The third-order valence-corrected chi connectivity index (χ3v) is 4.17. The molecule has 0 spiro atoms. The van der Waals surface area contributed by atoms with E-state index < -0.39 is 23.4 Å². The summed E-state index contributed by atoms with van der Waals surface area (Å²) in [6.07, 6.45) is 1.37. The molecule has 0 heterocycles. The van der Waals surface area contributed by atoms with Crippen molar-refractivity contribution >= 4 is 35.0 Å². The summed E-state index contributed by atoms with van der Waals surface area (Å²) in [5.74, 6) is -1.63. The molecule has 2 rings (SSSR count). The van der Waals surface area contributed by atoms with E-state index in [1.165, 1.54) is 31.2 Å². The first-order valence-electron chi connectivity index (χ1n) is 8.83. The normalized spacial score (nSPS) is 10.7. The Balaban J connectivity index is 2.01. The van der Waals surface area contributed by atoms with E-state index in [2.05, 4.69) is 5.32 Å². The molecule has 9 heteroatoms. The van der Waals surface area contributed by atoms with Gasteiger partial charge in [-0.3, -0.25) is 14.9 Å². The van der Waals surface area contributed by atoms with Crippen LogP contribution in [0.5, 0.6) is 0 Å². The van der Waals surface area contributed by atoms with Crippen molar-refractivity contribution in [1.82, 2.24) is 0 Å². The number of nitro benzene ring substituents is 1. The Morgan fingerprint density at radius 1 is 1.23 bits per heavy atom. The number of nitriles is 1. The summed E-state index contributed by atoms with van der Waals surface area (Å²) in [5, 5.41) is 22.7. The SMILES string of the molecule is Cc1c(NC(=O)COC(=O)/C(C#N)=C/c2ccc(N(C)C)cc2)cccc1[N+](=O)[O-]. The molecule has 0 aromatic heterocycles. The highest BCUT2D eigenvalue weighted by atomic mass is 16.6. The Hall–Kier alpha value is -4.19. The Morgan fingerprint density at radius 2 is 1.90 bits per heavy atom. The second-order valence-electron chi connectivity index (χ2n) is 6.49. The van der Waals surface area contributed by atoms with Crippen LogP contribution in [-0.2, 0) is 14.3 Å². The third kappa shape index (κ3) is 5.65. The summed E-state index contributed by atoms with van der Waals surface area (Å²) in [7, 11) is 3.78. The number of hydrogen-bond acceptors (Lipinski definition) is 7. The lowest BCUT2D eigenvalue weighted by Gasteiger charge is -2.12. The summed E-state index contributed by atoms with van der Waals surface area (Å²) in [6, 6.07) is 13.2. The average molecular weight is 408 g/mol. The Labute approximate surface area is 173 Å². The van der Waals surface area contributed by atoms with E-state index in [0.29, 0.717) is 5.56 Å². The van der Waals surface area contributed by atoms with Crippen molar-refractivity contribution in [2.75, 3.05) is 30.9 Å². The van der Waals surface area contributed by atoms with Crippen LogP contribution in [0.1, 0.15) is 11.1 Å². The molecular weight excluding hydrogens is 388 g/mol. The van der Waals surface area contributed by atoms with Crippen LogP contribution in [0.15, 0.2) is 48.0 Å². The largest absolute Gasteiger partial charge is 0.451 e. The summed E-state index contributed by atoms with van der Waals surface area (Å²) in [4.78, 5) is 36.5. The van der Waals surface area contributed by atoms with Crippen molar-refractivity contribution in [3.8, 4) is 6.07 Å². The van der Waals surface area contributed by atoms with E-state index in [-0.39, 0.29) is 22.5 Å². The summed E-state index contributed by atoms with van der Waals surface area (Å²) in [6.45, 7) is 0.859. The molecule has 0 aliphatic rings.